The Morgan fingerprint density at radius 3 is 2.01 bits per heavy atom. The number of ether oxygens (including phenoxy) is 1. The number of hydrogen-bond donors (Lipinski definition) is 6. The minimum Gasteiger partial charge on any atom is -1.00 e. The Morgan fingerprint density at radius 2 is 1.42 bits per heavy atom. The van der Waals surface area contributed by atoms with E-state index in [1.54, 1.807) is 52.0 Å². The third-order valence-electron chi connectivity index (χ3n) is 12.9. The third kappa shape index (κ3) is 15.1. The van der Waals surface area contributed by atoms with Gasteiger partial charge in [-0.3, -0.25) is 33.8 Å². The maximum atomic E-state index is 14.2. The van der Waals surface area contributed by atoms with Crippen LogP contribution < -0.4 is 44.5 Å². The molecule has 3 aromatic rings. The molecule has 0 radical (unpaired) electrons. The van der Waals surface area contributed by atoms with Gasteiger partial charge < -0.3 is 49.4 Å². The number of nitrogens with zero attached hydrogens (tertiary/aromatic N) is 2. The fraction of sp³-hybridized carbons (Fsp3) is 0.423. The third-order valence-corrected chi connectivity index (χ3v) is 14.6. The number of quaternary nitrogens is 1. The van der Waals surface area contributed by atoms with Crippen LogP contribution in [0.2, 0.25) is 0 Å². The van der Waals surface area contributed by atoms with Crippen molar-refractivity contribution >= 4 is 57.5 Å². The van der Waals surface area contributed by atoms with Crippen LogP contribution in [0.3, 0.4) is 0 Å². The van der Waals surface area contributed by atoms with Crippen molar-refractivity contribution in [2.45, 2.75) is 96.4 Å². The average molecular weight is 1050 g/mol. The van der Waals surface area contributed by atoms with Crippen LogP contribution in [-0.2, 0) is 66.2 Å². The van der Waals surface area contributed by atoms with E-state index in [4.69, 9.17) is 15.3 Å². The molecule has 8 atom stereocenters. The summed E-state index contributed by atoms with van der Waals surface area (Å²) in [5.41, 5.74) is 13.5. The van der Waals surface area contributed by atoms with Gasteiger partial charge in [-0.05, 0) is 86.5 Å². The molecule has 5 amide bonds. The summed E-state index contributed by atoms with van der Waals surface area (Å²) in [6, 6.07) is 19.0. The summed E-state index contributed by atoms with van der Waals surface area (Å²) in [6.07, 6.45) is 7.88. The highest BCUT2D eigenvalue weighted by molar-refractivity contribution is 7.90. The van der Waals surface area contributed by atoms with E-state index in [2.05, 4.69) is 31.4 Å². The van der Waals surface area contributed by atoms with E-state index in [-0.39, 0.29) is 67.5 Å². The summed E-state index contributed by atoms with van der Waals surface area (Å²) in [4.78, 5) is 103. The number of halogens is 1. The van der Waals surface area contributed by atoms with Crippen LogP contribution in [0.25, 0.3) is 0 Å². The lowest BCUT2D eigenvalue weighted by Gasteiger charge is -2.24. The fourth-order valence-electron chi connectivity index (χ4n) is 9.52. The highest BCUT2D eigenvalue weighted by Gasteiger charge is 2.61. The Labute approximate surface area is 431 Å². The second kappa shape index (κ2) is 25.7. The first-order valence-corrected chi connectivity index (χ1v) is 25.5. The number of carbonyl (C=O) groups is 7. The van der Waals surface area contributed by atoms with Gasteiger partial charge in [0, 0.05) is 6.54 Å². The monoisotopic (exact) mass is 1040 g/mol. The molecule has 3 aromatic carbocycles. The Hall–Kier alpha value is -6.90. The first-order chi connectivity index (χ1) is 34.2. The minimum absolute atomic E-state index is 0. The van der Waals surface area contributed by atoms with Crippen molar-refractivity contribution < 1.29 is 69.7 Å². The number of hydrogen-bond acceptors (Lipinski definition) is 12. The molecule has 19 nitrogen and oxygen atoms in total. The predicted octanol–water partition coefficient (Wildman–Crippen LogP) is -0.845. The molecule has 2 fully saturated rings. The van der Waals surface area contributed by atoms with Crippen LogP contribution in [0.4, 0.5) is 0 Å². The number of guanidine groups is 1. The number of rotatable bonds is 23. The second-order valence-corrected chi connectivity index (χ2v) is 20.6. The molecule has 2 aliphatic carbocycles. The van der Waals surface area contributed by atoms with Gasteiger partial charge in [-0.1, -0.05) is 117 Å². The molecule has 392 valence electrons. The topological polar surface area (TPSA) is 289 Å². The predicted molar refractivity (Wildman–Crippen MR) is 264 cm³/mol. The van der Waals surface area contributed by atoms with Crippen molar-refractivity contribution in [2.24, 2.45) is 46.2 Å². The number of aryl methyl sites for hydroxylation is 3. The van der Waals surface area contributed by atoms with Crippen molar-refractivity contribution in [1.29, 1.82) is 0 Å². The molecular formula is C52H65ClN8O11S. The second-order valence-electron chi connectivity index (χ2n) is 19.0. The number of allylic oxidation sites excluding steroid dienone is 2. The molecule has 1 aliphatic heterocycles. The van der Waals surface area contributed by atoms with E-state index in [0.29, 0.717) is 29.0 Å². The molecule has 9 N–H and O–H groups in total. The highest BCUT2D eigenvalue weighted by atomic mass is 35.5. The van der Waals surface area contributed by atoms with E-state index in [1.165, 1.54) is 0 Å². The molecule has 0 unspecified atom stereocenters. The summed E-state index contributed by atoms with van der Waals surface area (Å²) in [6.45, 7) is 8.02. The summed E-state index contributed by atoms with van der Waals surface area (Å²) >= 11 is 0. The summed E-state index contributed by atoms with van der Waals surface area (Å²) in [5, 5.41) is 8.64. The zero-order valence-corrected chi connectivity index (χ0v) is 43.1. The number of nitrogens with one attached hydrogen (secondary N) is 4. The van der Waals surface area contributed by atoms with E-state index < -0.39 is 99.9 Å². The van der Waals surface area contributed by atoms with Gasteiger partial charge >= 0.3 is 11.9 Å². The van der Waals surface area contributed by atoms with Crippen molar-refractivity contribution in [3.63, 3.8) is 0 Å². The molecule has 6 rings (SSSR count). The molecule has 0 aromatic heterocycles. The van der Waals surface area contributed by atoms with Crippen LogP contribution >= 0.6 is 0 Å². The van der Waals surface area contributed by atoms with Crippen molar-refractivity contribution in [2.75, 3.05) is 13.1 Å². The molecule has 1 heterocycles. The maximum Gasteiger partial charge on any atom is 0.352 e. The number of nitrogens with two attached hydrogens (primary N) is 1. The molecule has 3 aliphatic rings. The largest absolute Gasteiger partial charge is 1.00 e. The van der Waals surface area contributed by atoms with Crippen LogP contribution in [0.1, 0.15) is 67.3 Å². The molecule has 2 bridgehead atoms. The average Bonchev–Trinajstić information content (AvgIpc) is 4.01. The van der Waals surface area contributed by atoms with E-state index in [1.807, 2.05) is 79.7 Å². The van der Waals surface area contributed by atoms with E-state index in [9.17, 15) is 42.0 Å². The standard InChI is InChI=1S/C52H64N8O11S.ClH/c1-30(2)39(21-20-38(25-34-13-8-6-9-14-34)57-48(64)40(53)27-42(61)70-29-35-15-10-7-11-16-35)47(63)58-41(17-12-22-55-52(54)59-72(68,69)46-32(4)23-31(3)24-33(46)5)49(65)56-28-43(62)71-60-50(66)44-36-18-19-37(26-36)45(44)51(60)67;/h6-11,13-16,18-21,23-24,30,36-41,44-45H,12,17,22,25-29,53H2,1-5H3,(H,56,65)(H,57,64)(H,58,63)(H3,54,55,59);1H/b21-20+;/t36-,37+,38-,39+,40-,41-,44+,45-;/m0./s1. The van der Waals surface area contributed by atoms with Gasteiger partial charge in [-0.2, -0.15) is 0 Å². The number of benzene rings is 3. The first kappa shape index (κ1) is 57.0. The Balaban J connectivity index is 0.00000988. The minimum atomic E-state index is -4.10. The lowest BCUT2D eigenvalue weighted by atomic mass is 9.85. The van der Waals surface area contributed by atoms with Crippen LogP contribution in [0.5, 0.6) is 0 Å². The number of fused-ring (bicyclic) bond motifs is 5. The SMILES string of the molecule is Cc1cc(C)c(S(=O)(=O)NC(N)=NCCC[C@H](NC(=O)[C@H](/C=C/[C@@H](Cc2ccccc2)NC(=O)[C@@H]([NH3+])CC(=O)OCc2ccccc2)C(C)C)C(=O)NCC(=O)ON2C(=O)[C@@H]3[C@H](C2=O)[C@H]2C=C[C@@H]3C2)c(C)c1.[Cl-]. The smallest absolute Gasteiger partial charge is 0.352 e. The van der Waals surface area contributed by atoms with Gasteiger partial charge in [-0.15, -0.1) is 5.06 Å². The molecule has 1 saturated carbocycles. The normalized spacial score (nSPS) is 19.7. The Bertz CT molecular complexity index is 2670. The van der Waals surface area contributed by atoms with Gasteiger partial charge in [0.2, 0.25) is 17.8 Å². The molecule has 21 heteroatoms. The number of aliphatic imine (C=N–C) groups is 1. The zero-order chi connectivity index (χ0) is 52.3. The van der Waals surface area contributed by atoms with Gasteiger partial charge in [0.1, 0.15) is 25.6 Å². The molecule has 0 spiro atoms. The number of sulfonamides is 1. The Kier molecular flexibility index (Phi) is 20.0. The lowest BCUT2D eigenvalue weighted by molar-refractivity contribution is -0.403. The summed E-state index contributed by atoms with van der Waals surface area (Å²) in [7, 11) is -4.10. The number of carbonyl (C=O) groups excluding carboxylic acids is 7. The van der Waals surface area contributed by atoms with Crippen LogP contribution in [0.15, 0.2) is 107 Å². The lowest BCUT2D eigenvalue weighted by Crippen LogP contribution is -3.00. The van der Waals surface area contributed by atoms with Gasteiger partial charge in [0.05, 0.1) is 28.7 Å². The quantitative estimate of drug-likeness (QED) is 0.0169. The van der Waals surface area contributed by atoms with Crippen molar-refractivity contribution in [3.05, 3.63) is 125 Å². The van der Waals surface area contributed by atoms with Crippen LogP contribution in [-0.4, -0.2) is 92.1 Å². The number of imide groups is 1. The molecule has 73 heavy (non-hydrogen) atoms. The number of esters is 1. The van der Waals surface area contributed by atoms with E-state index in [0.717, 1.165) is 16.7 Å². The summed E-state index contributed by atoms with van der Waals surface area (Å²) in [5.74, 6) is -7.82. The summed E-state index contributed by atoms with van der Waals surface area (Å²) < 4.78 is 34.2. The Morgan fingerprint density at radius 1 is 0.836 bits per heavy atom. The van der Waals surface area contributed by atoms with Crippen molar-refractivity contribution in [3.8, 4) is 0 Å². The zero-order valence-electron chi connectivity index (χ0n) is 41.5. The van der Waals surface area contributed by atoms with Crippen LogP contribution in [0, 0.1) is 56.3 Å². The van der Waals surface area contributed by atoms with Gasteiger partial charge in [0.15, 0.2) is 6.04 Å². The fourth-order valence-corrected chi connectivity index (χ4v) is 10.9. The molecular weight excluding hydrogens is 980 g/mol. The van der Waals surface area contributed by atoms with Gasteiger partial charge in [0.25, 0.3) is 27.7 Å². The van der Waals surface area contributed by atoms with Crippen molar-refractivity contribution in [1.82, 2.24) is 25.7 Å². The highest BCUT2D eigenvalue weighted by Crippen LogP contribution is 2.52. The maximum absolute atomic E-state index is 14.2. The first-order valence-electron chi connectivity index (χ1n) is 24.0. The molecule has 1 saturated heterocycles. The van der Waals surface area contributed by atoms with E-state index >= 15 is 0 Å². The number of hydroxylamine groups is 2. The van der Waals surface area contributed by atoms with Gasteiger partial charge in [-0.25, -0.2) is 17.9 Å². The number of amides is 5.